The van der Waals surface area contributed by atoms with Crippen LogP contribution in [-0.4, -0.2) is 62.9 Å². The number of ether oxygens (including phenoxy) is 2. The highest BCUT2D eigenvalue weighted by molar-refractivity contribution is 7.99. The zero-order valence-corrected chi connectivity index (χ0v) is 16.9. The zero-order valence-electron chi connectivity index (χ0n) is 16.1. The van der Waals surface area contributed by atoms with Gasteiger partial charge in [-0.1, -0.05) is 0 Å². The Morgan fingerprint density at radius 1 is 1.17 bits per heavy atom. The van der Waals surface area contributed by atoms with Gasteiger partial charge in [-0.15, -0.1) is 5.10 Å². The van der Waals surface area contributed by atoms with E-state index in [9.17, 15) is 9.59 Å². The average molecular weight is 428 g/mol. The van der Waals surface area contributed by atoms with Crippen molar-refractivity contribution in [3.8, 4) is 11.5 Å². The molecular weight excluding hydrogens is 408 g/mol. The van der Waals surface area contributed by atoms with Crippen molar-refractivity contribution in [1.82, 2.24) is 19.2 Å². The second kappa shape index (κ2) is 7.90. The third-order valence-electron chi connectivity index (χ3n) is 4.91. The first kappa shape index (κ1) is 18.8. The van der Waals surface area contributed by atoms with Gasteiger partial charge >= 0.3 is 5.69 Å². The molecule has 0 radical (unpaired) electrons. The number of nitrogens with one attached hydrogen (secondary N) is 1. The summed E-state index contributed by atoms with van der Waals surface area (Å²) in [5.41, 5.74) is 0.646. The summed E-state index contributed by atoms with van der Waals surface area (Å²) in [4.78, 5) is 31.8. The van der Waals surface area contributed by atoms with Gasteiger partial charge in [0.25, 0.3) is 0 Å². The molecule has 3 aromatic rings. The number of fused-ring (bicyclic) bond motifs is 2. The molecule has 11 heteroatoms. The van der Waals surface area contributed by atoms with Gasteiger partial charge in [-0.25, -0.2) is 18.9 Å². The van der Waals surface area contributed by atoms with Crippen LogP contribution in [0, 0.1) is 0 Å². The summed E-state index contributed by atoms with van der Waals surface area (Å²) < 4.78 is 13.6. The number of rotatable bonds is 4. The van der Waals surface area contributed by atoms with Crippen molar-refractivity contribution in [2.45, 2.75) is 6.54 Å². The minimum atomic E-state index is -0.377. The highest BCUT2D eigenvalue weighted by Crippen LogP contribution is 2.32. The molecule has 1 aromatic carbocycles. The molecule has 10 nitrogen and oxygen atoms in total. The molecule has 0 bridgehead atoms. The first-order valence-corrected chi connectivity index (χ1v) is 10.8. The molecule has 30 heavy (non-hydrogen) atoms. The highest BCUT2D eigenvalue weighted by Gasteiger charge is 2.20. The van der Waals surface area contributed by atoms with Crippen LogP contribution in [-0.2, 0) is 11.3 Å². The standard InChI is InChI=1S/C19H20N6O4S/c26-16(21-13-1-2-14-15(11-13)29-8-7-28-14)12-25-19(27)24-4-3-20-17(18(24)22-25)23-5-9-30-10-6-23/h1-4,11H,5-10,12H2,(H,21,26). The van der Waals surface area contributed by atoms with Crippen LogP contribution in [0.25, 0.3) is 5.65 Å². The molecule has 1 amide bonds. The third-order valence-corrected chi connectivity index (χ3v) is 5.86. The van der Waals surface area contributed by atoms with Crippen LogP contribution in [0.3, 0.4) is 0 Å². The van der Waals surface area contributed by atoms with E-state index in [4.69, 9.17) is 9.47 Å². The molecule has 5 rings (SSSR count). The molecule has 0 saturated carbocycles. The van der Waals surface area contributed by atoms with E-state index in [-0.39, 0.29) is 18.1 Å². The Bertz CT molecular complexity index is 1150. The number of hydrogen-bond acceptors (Lipinski definition) is 8. The number of nitrogens with zero attached hydrogens (tertiary/aromatic N) is 5. The fourth-order valence-corrected chi connectivity index (χ4v) is 4.40. The van der Waals surface area contributed by atoms with E-state index in [1.807, 2.05) is 11.8 Å². The van der Waals surface area contributed by atoms with Crippen molar-refractivity contribution < 1.29 is 14.3 Å². The van der Waals surface area contributed by atoms with Crippen LogP contribution < -0.4 is 25.4 Å². The molecular formula is C19H20N6O4S. The summed E-state index contributed by atoms with van der Waals surface area (Å²) >= 11 is 1.89. The minimum Gasteiger partial charge on any atom is -0.486 e. The minimum absolute atomic E-state index is 0.204. The van der Waals surface area contributed by atoms with Crippen molar-refractivity contribution in [3.63, 3.8) is 0 Å². The third kappa shape index (κ3) is 3.56. The van der Waals surface area contributed by atoms with E-state index in [1.165, 1.54) is 4.40 Å². The number of carbonyl (C=O) groups is 1. The number of benzene rings is 1. The first-order valence-electron chi connectivity index (χ1n) is 9.65. The number of thioether (sulfide) groups is 1. The van der Waals surface area contributed by atoms with Gasteiger partial charge in [0, 0.05) is 48.7 Å². The van der Waals surface area contributed by atoms with Crippen LogP contribution in [0.1, 0.15) is 0 Å². The van der Waals surface area contributed by atoms with E-state index in [2.05, 4.69) is 20.3 Å². The second-order valence-corrected chi connectivity index (χ2v) is 8.12. The second-order valence-electron chi connectivity index (χ2n) is 6.89. The summed E-state index contributed by atoms with van der Waals surface area (Å²) in [6.07, 6.45) is 3.16. The largest absolute Gasteiger partial charge is 0.486 e. The van der Waals surface area contributed by atoms with Gasteiger partial charge in [-0.3, -0.25) is 4.79 Å². The summed E-state index contributed by atoms with van der Waals surface area (Å²) in [7, 11) is 0. The molecule has 2 aromatic heterocycles. The Morgan fingerprint density at radius 3 is 2.80 bits per heavy atom. The lowest BCUT2D eigenvalue weighted by molar-refractivity contribution is -0.117. The quantitative estimate of drug-likeness (QED) is 0.653. The van der Waals surface area contributed by atoms with Crippen LogP contribution in [0.4, 0.5) is 11.5 Å². The van der Waals surface area contributed by atoms with Crippen LogP contribution in [0.5, 0.6) is 11.5 Å². The van der Waals surface area contributed by atoms with E-state index < -0.39 is 0 Å². The molecule has 0 spiro atoms. The van der Waals surface area contributed by atoms with Crippen molar-refractivity contribution in [1.29, 1.82) is 0 Å². The molecule has 156 valence electrons. The smallest absolute Gasteiger partial charge is 0.350 e. The number of anilines is 2. The molecule has 0 aliphatic carbocycles. The molecule has 2 aliphatic heterocycles. The first-order chi connectivity index (χ1) is 14.7. The Hall–Kier alpha value is -3.21. The van der Waals surface area contributed by atoms with Crippen molar-refractivity contribution in [2.75, 3.05) is 48.0 Å². The Morgan fingerprint density at radius 2 is 1.97 bits per heavy atom. The topological polar surface area (TPSA) is 103 Å². The van der Waals surface area contributed by atoms with Crippen LogP contribution >= 0.6 is 11.8 Å². The SMILES string of the molecule is O=C(Cn1nc2c(N3CCSCC3)nccn2c1=O)Nc1ccc2c(c1)OCCO2. The van der Waals surface area contributed by atoms with Gasteiger partial charge in [-0.05, 0) is 12.1 Å². The molecule has 1 fully saturated rings. The predicted octanol–water partition coefficient (Wildman–Crippen LogP) is 0.854. The maximum atomic E-state index is 12.7. The number of aromatic nitrogens is 4. The molecule has 4 heterocycles. The van der Waals surface area contributed by atoms with Crippen molar-refractivity contribution in [3.05, 3.63) is 41.1 Å². The Balaban J connectivity index is 1.36. The van der Waals surface area contributed by atoms with Gasteiger partial charge in [0.05, 0.1) is 0 Å². The summed E-state index contributed by atoms with van der Waals surface area (Å²) in [6, 6.07) is 5.18. The lowest BCUT2D eigenvalue weighted by Gasteiger charge is -2.27. The van der Waals surface area contributed by atoms with Crippen LogP contribution in [0.15, 0.2) is 35.4 Å². The summed E-state index contributed by atoms with van der Waals surface area (Å²) in [5, 5.41) is 7.17. The summed E-state index contributed by atoms with van der Waals surface area (Å²) in [5.74, 6) is 3.55. The monoisotopic (exact) mass is 428 g/mol. The fourth-order valence-electron chi connectivity index (χ4n) is 3.49. The number of hydrogen-bond donors (Lipinski definition) is 1. The fraction of sp³-hybridized carbons (Fsp3) is 0.368. The average Bonchev–Trinajstić information content (AvgIpc) is 3.09. The normalized spacial score (nSPS) is 15.9. The van der Waals surface area contributed by atoms with Gasteiger partial charge in [0.2, 0.25) is 11.6 Å². The number of amides is 1. The Labute approximate surface area is 175 Å². The van der Waals surface area contributed by atoms with Crippen LogP contribution in [0.2, 0.25) is 0 Å². The van der Waals surface area contributed by atoms with Crippen molar-refractivity contribution >= 4 is 34.8 Å². The van der Waals surface area contributed by atoms with E-state index in [1.54, 1.807) is 30.6 Å². The molecule has 1 N–H and O–H groups in total. The number of carbonyl (C=O) groups excluding carboxylic acids is 1. The summed E-state index contributed by atoms with van der Waals surface area (Å²) in [6.45, 7) is 2.46. The van der Waals surface area contributed by atoms with E-state index >= 15 is 0 Å². The zero-order chi connectivity index (χ0) is 20.5. The Kier molecular flexibility index (Phi) is 4.95. The van der Waals surface area contributed by atoms with Gasteiger partial charge < -0.3 is 19.7 Å². The molecule has 1 saturated heterocycles. The van der Waals surface area contributed by atoms with E-state index in [0.29, 0.717) is 41.9 Å². The molecule has 0 unspecified atom stereocenters. The van der Waals surface area contributed by atoms with Gasteiger partial charge in [-0.2, -0.15) is 11.8 Å². The van der Waals surface area contributed by atoms with E-state index in [0.717, 1.165) is 29.3 Å². The van der Waals surface area contributed by atoms with Gasteiger partial charge in [0.15, 0.2) is 17.3 Å². The van der Waals surface area contributed by atoms with Crippen molar-refractivity contribution in [2.24, 2.45) is 0 Å². The van der Waals surface area contributed by atoms with Gasteiger partial charge in [0.1, 0.15) is 19.8 Å². The molecule has 0 atom stereocenters. The maximum absolute atomic E-state index is 12.7. The molecule has 2 aliphatic rings. The lowest BCUT2D eigenvalue weighted by atomic mass is 10.2. The predicted molar refractivity (Wildman–Crippen MR) is 113 cm³/mol. The highest BCUT2D eigenvalue weighted by atomic mass is 32.2. The maximum Gasteiger partial charge on any atom is 0.350 e. The lowest BCUT2D eigenvalue weighted by Crippen LogP contribution is -2.33.